The van der Waals surface area contributed by atoms with E-state index in [9.17, 15) is 15.3 Å². The second kappa shape index (κ2) is 7.79. The molecule has 0 atom stereocenters. The zero-order valence-corrected chi connectivity index (χ0v) is 16.2. The molecule has 4 rings (SSSR count). The molecule has 0 spiro atoms. The van der Waals surface area contributed by atoms with Crippen molar-refractivity contribution in [2.24, 2.45) is 0 Å². The molecule has 3 aromatic rings. The van der Waals surface area contributed by atoms with Gasteiger partial charge in [0, 0.05) is 0 Å². The first-order valence-electron chi connectivity index (χ1n) is 9.11. The molecule has 0 saturated carbocycles. The van der Waals surface area contributed by atoms with Crippen molar-refractivity contribution >= 4 is 10.8 Å². The Balaban J connectivity index is 2.12. The Bertz CT molecular complexity index is 1070. The smallest absolute Gasteiger partial charge is 0.231 e. The zero-order valence-electron chi connectivity index (χ0n) is 16.2. The Hall–Kier alpha value is -3.00. The molecule has 0 amide bonds. The molecule has 3 N–H and O–H groups in total. The highest BCUT2D eigenvalue weighted by atomic mass is 16.7. The van der Waals surface area contributed by atoms with Gasteiger partial charge >= 0.3 is 0 Å². The summed E-state index contributed by atoms with van der Waals surface area (Å²) in [6.07, 6.45) is 0. The monoisotopic (exact) mass is 398 g/mol. The van der Waals surface area contributed by atoms with E-state index >= 15 is 0 Å². The minimum absolute atomic E-state index is 0.110. The van der Waals surface area contributed by atoms with E-state index in [1.54, 1.807) is 26.4 Å². The van der Waals surface area contributed by atoms with Crippen molar-refractivity contribution in [1.29, 1.82) is 0 Å². The van der Waals surface area contributed by atoms with Crippen molar-refractivity contribution in [3.63, 3.8) is 0 Å². The number of fused-ring (bicyclic) bond motifs is 2. The van der Waals surface area contributed by atoms with Crippen LogP contribution in [0.15, 0.2) is 30.3 Å². The molecule has 1 aliphatic rings. The number of benzene rings is 3. The van der Waals surface area contributed by atoms with Gasteiger partial charge in [0.15, 0.2) is 23.0 Å². The van der Waals surface area contributed by atoms with Crippen molar-refractivity contribution in [3.8, 4) is 34.1 Å². The maximum absolute atomic E-state index is 10.1. The Labute approximate surface area is 167 Å². The minimum Gasteiger partial charge on any atom is -0.493 e. The van der Waals surface area contributed by atoms with Crippen LogP contribution in [0.1, 0.15) is 16.7 Å². The summed E-state index contributed by atoms with van der Waals surface area (Å²) in [6, 6.07) is 8.99. The van der Waals surface area contributed by atoms with Crippen molar-refractivity contribution in [2.45, 2.75) is 19.8 Å². The average molecular weight is 398 g/mol. The van der Waals surface area contributed by atoms with E-state index in [0.29, 0.717) is 50.8 Å². The second-order valence-electron chi connectivity index (χ2n) is 6.65. The lowest BCUT2D eigenvalue weighted by atomic mass is 9.87. The van der Waals surface area contributed by atoms with Crippen molar-refractivity contribution < 1.29 is 34.3 Å². The number of hydrogen-bond donors (Lipinski definition) is 3. The predicted octanol–water partition coefficient (Wildman–Crippen LogP) is 2.73. The van der Waals surface area contributed by atoms with Crippen LogP contribution in [0.3, 0.4) is 0 Å². The maximum atomic E-state index is 10.1. The molecule has 3 aromatic carbocycles. The van der Waals surface area contributed by atoms with Gasteiger partial charge in [-0.1, -0.05) is 0 Å². The molecular formula is C22H22O7. The lowest BCUT2D eigenvalue weighted by Crippen LogP contribution is -2.02. The second-order valence-corrected chi connectivity index (χ2v) is 6.65. The first-order valence-corrected chi connectivity index (χ1v) is 9.11. The summed E-state index contributed by atoms with van der Waals surface area (Å²) in [7, 11) is 3.11. The molecule has 0 saturated heterocycles. The Morgan fingerprint density at radius 3 is 2.07 bits per heavy atom. The van der Waals surface area contributed by atoms with Gasteiger partial charge in [-0.2, -0.15) is 0 Å². The van der Waals surface area contributed by atoms with E-state index < -0.39 is 0 Å². The van der Waals surface area contributed by atoms with Gasteiger partial charge in [0.25, 0.3) is 0 Å². The standard InChI is InChI=1S/C22H22O7/c1-26-18-4-12-3-13(8-23)17(10-25)22(15(12)6-19(18)27-2)16-7-21-20(28-11-29-21)5-14(16)9-24/h3-7,23-25H,8-11H2,1-2H3. The first kappa shape index (κ1) is 19.3. The number of hydrogen-bond acceptors (Lipinski definition) is 7. The lowest BCUT2D eigenvalue weighted by molar-refractivity contribution is 0.174. The van der Waals surface area contributed by atoms with E-state index in [1.165, 1.54) is 0 Å². The fraction of sp³-hybridized carbons (Fsp3) is 0.273. The number of rotatable bonds is 6. The SMILES string of the molecule is COc1cc2cc(CO)c(CO)c(-c3cc4c(cc3CO)OCO4)c2cc1OC. The quantitative estimate of drug-likeness (QED) is 0.587. The molecule has 0 bridgehead atoms. The average Bonchev–Trinajstić information content (AvgIpc) is 3.22. The number of methoxy groups -OCH3 is 2. The van der Waals surface area contributed by atoms with Crippen LogP contribution >= 0.6 is 0 Å². The van der Waals surface area contributed by atoms with Crippen LogP contribution in [-0.2, 0) is 19.8 Å². The molecule has 7 nitrogen and oxygen atoms in total. The Kier molecular flexibility index (Phi) is 5.19. The van der Waals surface area contributed by atoms with Crippen LogP contribution in [0.25, 0.3) is 21.9 Å². The molecule has 29 heavy (non-hydrogen) atoms. The van der Waals surface area contributed by atoms with E-state index in [2.05, 4.69) is 0 Å². The topological polar surface area (TPSA) is 97.6 Å². The molecule has 152 valence electrons. The van der Waals surface area contributed by atoms with E-state index in [4.69, 9.17) is 18.9 Å². The van der Waals surface area contributed by atoms with Crippen molar-refractivity contribution in [3.05, 3.63) is 47.0 Å². The van der Waals surface area contributed by atoms with Crippen LogP contribution in [0.2, 0.25) is 0 Å². The molecule has 1 aliphatic heterocycles. The Morgan fingerprint density at radius 1 is 0.793 bits per heavy atom. The predicted molar refractivity (Wildman–Crippen MR) is 106 cm³/mol. The molecule has 0 aromatic heterocycles. The number of aliphatic hydroxyl groups is 3. The van der Waals surface area contributed by atoms with Crippen LogP contribution < -0.4 is 18.9 Å². The van der Waals surface area contributed by atoms with Gasteiger partial charge in [0.2, 0.25) is 6.79 Å². The highest BCUT2D eigenvalue weighted by Gasteiger charge is 2.23. The van der Waals surface area contributed by atoms with Gasteiger partial charge < -0.3 is 34.3 Å². The fourth-order valence-electron chi connectivity index (χ4n) is 3.81. The van der Waals surface area contributed by atoms with Gasteiger partial charge in [0.1, 0.15) is 0 Å². The molecule has 0 aliphatic carbocycles. The van der Waals surface area contributed by atoms with Crippen molar-refractivity contribution in [1.82, 2.24) is 0 Å². The molecule has 0 radical (unpaired) electrons. The van der Waals surface area contributed by atoms with E-state index in [1.807, 2.05) is 18.2 Å². The molecule has 7 heteroatoms. The third-order valence-electron chi connectivity index (χ3n) is 5.21. The first-order chi connectivity index (χ1) is 14.1. The van der Waals surface area contributed by atoms with Gasteiger partial charge in [-0.15, -0.1) is 0 Å². The van der Waals surface area contributed by atoms with Crippen LogP contribution in [0.5, 0.6) is 23.0 Å². The summed E-state index contributed by atoms with van der Waals surface area (Å²) < 4.78 is 21.8. The van der Waals surface area contributed by atoms with Crippen LogP contribution in [0.4, 0.5) is 0 Å². The lowest BCUT2D eigenvalue weighted by Gasteiger charge is -2.20. The summed E-state index contributed by atoms with van der Waals surface area (Å²) in [6.45, 7) is -0.644. The Morgan fingerprint density at radius 2 is 1.45 bits per heavy atom. The molecular weight excluding hydrogens is 376 g/mol. The van der Waals surface area contributed by atoms with Gasteiger partial charge in [-0.3, -0.25) is 0 Å². The molecule has 0 fully saturated rings. The third kappa shape index (κ3) is 3.13. The fourth-order valence-corrected chi connectivity index (χ4v) is 3.81. The summed E-state index contributed by atoms with van der Waals surface area (Å²) in [4.78, 5) is 0. The third-order valence-corrected chi connectivity index (χ3v) is 5.21. The minimum atomic E-state index is -0.283. The van der Waals surface area contributed by atoms with Crippen LogP contribution in [-0.4, -0.2) is 36.3 Å². The summed E-state index contributed by atoms with van der Waals surface area (Å²) in [5.74, 6) is 2.21. The number of ether oxygens (including phenoxy) is 4. The summed E-state index contributed by atoms with van der Waals surface area (Å²) in [5.41, 5.74) is 3.16. The number of aliphatic hydroxyl groups excluding tert-OH is 3. The summed E-state index contributed by atoms with van der Waals surface area (Å²) in [5, 5.41) is 31.7. The van der Waals surface area contributed by atoms with Gasteiger partial charge in [-0.25, -0.2) is 0 Å². The van der Waals surface area contributed by atoms with E-state index in [0.717, 1.165) is 10.8 Å². The largest absolute Gasteiger partial charge is 0.493 e. The van der Waals surface area contributed by atoms with Gasteiger partial charge in [-0.05, 0) is 68.9 Å². The normalized spacial score (nSPS) is 12.4. The molecule has 1 heterocycles. The highest BCUT2D eigenvalue weighted by molar-refractivity contribution is 6.02. The maximum Gasteiger partial charge on any atom is 0.231 e. The van der Waals surface area contributed by atoms with Crippen molar-refractivity contribution in [2.75, 3.05) is 21.0 Å². The van der Waals surface area contributed by atoms with Crippen LogP contribution in [0, 0.1) is 0 Å². The summed E-state index contributed by atoms with van der Waals surface area (Å²) >= 11 is 0. The van der Waals surface area contributed by atoms with Gasteiger partial charge in [0.05, 0.1) is 34.0 Å². The zero-order chi connectivity index (χ0) is 20.5. The highest BCUT2D eigenvalue weighted by Crippen LogP contribution is 2.45. The van der Waals surface area contributed by atoms with E-state index in [-0.39, 0.29) is 26.6 Å². The molecule has 0 unspecified atom stereocenters.